The number of carbonyl (C=O) groups is 1. The van der Waals surface area contributed by atoms with E-state index in [0.29, 0.717) is 24.1 Å². The Labute approximate surface area is 133 Å². The van der Waals surface area contributed by atoms with Crippen molar-refractivity contribution < 1.29 is 9.21 Å². The van der Waals surface area contributed by atoms with E-state index in [1.807, 2.05) is 37.3 Å². The number of carbonyl (C=O) groups excluding carboxylic acids is 1. The average molecular weight is 316 g/mol. The van der Waals surface area contributed by atoms with Gasteiger partial charge in [0.25, 0.3) is 5.22 Å². The lowest BCUT2D eigenvalue weighted by molar-refractivity contribution is -0.127. The first-order valence-corrected chi connectivity index (χ1v) is 7.73. The van der Waals surface area contributed by atoms with Gasteiger partial charge in [0.2, 0.25) is 11.8 Å². The van der Waals surface area contributed by atoms with Crippen molar-refractivity contribution in [2.24, 2.45) is 0 Å². The Bertz CT molecular complexity index is 676. The Kier molecular flexibility index (Phi) is 5.55. The summed E-state index contributed by atoms with van der Waals surface area (Å²) < 4.78 is 5.54. The minimum absolute atomic E-state index is 0.0738. The van der Waals surface area contributed by atoms with Crippen LogP contribution in [0.3, 0.4) is 0 Å². The van der Waals surface area contributed by atoms with E-state index in [2.05, 4.69) is 10.2 Å². The summed E-state index contributed by atoms with van der Waals surface area (Å²) in [4.78, 5) is 13.4. The zero-order valence-corrected chi connectivity index (χ0v) is 13.3. The van der Waals surface area contributed by atoms with Crippen LogP contribution >= 0.6 is 11.8 Å². The third kappa shape index (κ3) is 4.33. The highest BCUT2D eigenvalue weighted by Gasteiger charge is 2.13. The summed E-state index contributed by atoms with van der Waals surface area (Å²) in [6.07, 6.45) is 0.324. The predicted molar refractivity (Wildman–Crippen MR) is 83.1 cm³/mol. The van der Waals surface area contributed by atoms with Crippen LogP contribution in [-0.2, 0) is 4.79 Å². The van der Waals surface area contributed by atoms with Crippen LogP contribution in [0.1, 0.15) is 12.0 Å². The Morgan fingerprint density at radius 1 is 1.36 bits per heavy atom. The zero-order chi connectivity index (χ0) is 15.9. The maximum atomic E-state index is 11.8. The molecule has 6 nitrogen and oxygen atoms in total. The predicted octanol–water partition coefficient (Wildman–Crippen LogP) is 2.51. The van der Waals surface area contributed by atoms with Crippen molar-refractivity contribution >= 4 is 17.7 Å². The van der Waals surface area contributed by atoms with E-state index in [4.69, 9.17) is 9.68 Å². The maximum Gasteiger partial charge on any atom is 0.277 e. The molecular weight excluding hydrogens is 300 g/mol. The van der Waals surface area contributed by atoms with Crippen LogP contribution in [0, 0.1) is 18.3 Å². The summed E-state index contributed by atoms with van der Waals surface area (Å²) in [5.41, 5.74) is 2.01. The summed E-state index contributed by atoms with van der Waals surface area (Å²) in [7, 11) is 1.67. The first kappa shape index (κ1) is 16.0. The van der Waals surface area contributed by atoms with Gasteiger partial charge in [-0.25, -0.2) is 0 Å². The van der Waals surface area contributed by atoms with Crippen LogP contribution in [0.5, 0.6) is 0 Å². The minimum Gasteiger partial charge on any atom is -0.411 e. The van der Waals surface area contributed by atoms with E-state index < -0.39 is 0 Å². The zero-order valence-electron chi connectivity index (χ0n) is 12.4. The molecule has 0 saturated carbocycles. The number of nitriles is 1. The van der Waals surface area contributed by atoms with E-state index in [1.54, 1.807) is 7.05 Å². The fourth-order valence-corrected chi connectivity index (χ4v) is 2.36. The molecule has 114 valence electrons. The fourth-order valence-electron chi connectivity index (χ4n) is 1.66. The number of aromatic nitrogens is 2. The summed E-state index contributed by atoms with van der Waals surface area (Å²) in [5, 5.41) is 16.8. The van der Waals surface area contributed by atoms with Crippen molar-refractivity contribution in [2.45, 2.75) is 18.6 Å². The molecule has 2 aromatic rings. The lowest BCUT2D eigenvalue weighted by Crippen LogP contribution is -2.29. The monoisotopic (exact) mass is 316 g/mol. The van der Waals surface area contributed by atoms with Crippen LogP contribution < -0.4 is 0 Å². The molecule has 0 bridgehead atoms. The van der Waals surface area contributed by atoms with Gasteiger partial charge in [-0.1, -0.05) is 29.5 Å². The maximum absolute atomic E-state index is 11.8. The number of nitrogens with zero attached hydrogens (tertiary/aromatic N) is 4. The van der Waals surface area contributed by atoms with Gasteiger partial charge in [-0.15, -0.1) is 10.2 Å². The molecule has 0 radical (unpaired) electrons. The van der Waals surface area contributed by atoms with E-state index in [9.17, 15) is 4.79 Å². The highest BCUT2D eigenvalue weighted by Crippen LogP contribution is 2.23. The first-order chi connectivity index (χ1) is 10.6. The number of rotatable bonds is 6. The topological polar surface area (TPSA) is 83.0 Å². The second-order valence-corrected chi connectivity index (χ2v) is 5.68. The molecule has 0 atom stereocenters. The largest absolute Gasteiger partial charge is 0.411 e. The molecule has 0 aliphatic heterocycles. The second kappa shape index (κ2) is 7.61. The van der Waals surface area contributed by atoms with Crippen molar-refractivity contribution in [3.8, 4) is 17.5 Å². The Morgan fingerprint density at radius 2 is 2.09 bits per heavy atom. The standard InChI is InChI=1S/C15H16N4O2S/c1-11-4-6-12(7-5-11)14-17-18-15(21-14)22-10-13(20)19(2)9-3-8-16/h4-7H,3,9-10H2,1-2H3. The highest BCUT2D eigenvalue weighted by atomic mass is 32.2. The minimum atomic E-state index is -0.0738. The molecule has 0 fully saturated rings. The van der Waals surface area contributed by atoms with Gasteiger partial charge in [0, 0.05) is 19.2 Å². The number of aryl methyl sites for hydroxylation is 1. The summed E-state index contributed by atoms with van der Waals surface area (Å²) >= 11 is 1.19. The van der Waals surface area contributed by atoms with E-state index in [-0.39, 0.29) is 11.7 Å². The molecule has 0 aliphatic carbocycles. The third-order valence-corrected chi connectivity index (χ3v) is 3.81. The SMILES string of the molecule is Cc1ccc(-c2nnc(SCC(=O)N(C)CCC#N)o2)cc1. The van der Waals surface area contributed by atoms with Crippen molar-refractivity contribution in [1.29, 1.82) is 5.26 Å². The van der Waals surface area contributed by atoms with Gasteiger partial charge < -0.3 is 9.32 Å². The molecule has 2 rings (SSSR count). The van der Waals surface area contributed by atoms with Gasteiger partial charge in [0.1, 0.15) is 0 Å². The van der Waals surface area contributed by atoms with Crippen molar-refractivity contribution in [2.75, 3.05) is 19.3 Å². The highest BCUT2D eigenvalue weighted by molar-refractivity contribution is 7.99. The molecule has 22 heavy (non-hydrogen) atoms. The first-order valence-electron chi connectivity index (χ1n) is 6.74. The molecule has 1 aromatic carbocycles. The second-order valence-electron chi connectivity index (χ2n) is 4.75. The molecule has 0 unspecified atom stereocenters. The molecule has 1 heterocycles. The summed E-state index contributed by atoms with van der Waals surface area (Å²) in [5.74, 6) is 0.570. The summed E-state index contributed by atoms with van der Waals surface area (Å²) in [6, 6.07) is 9.79. The Morgan fingerprint density at radius 3 is 2.77 bits per heavy atom. The van der Waals surface area contributed by atoms with Crippen LogP contribution in [0.2, 0.25) is 0 Å². The Balaban J connectivity index is 1.91. The normalized spacial score (nSPS) is 10.2. The molecule has 1 amide bonds. The van der Waals surface area contributed by atoms with Crippen molar-refractivity contribution in [3.63, 3.8) is 0 Å². The number of thioether (sulfide) groups is 1. The molecular formula is C15H16N4O2S. The molecule has 7 heteroatoms. The van der Waals surface area contributed by atoms with E-state index >= 15 is 0 Å². The molecule has 0 saturated heterocycles. The van der Waals surface area contributed by atoms with Gasteiger partial charge in [-0.3, -0.25) is 4.79 Å². The van der Waals surface area contributed by atoms with E-state index in [0.717, 1.165) is 11.1 Å². The average Bonchev–Trinajstić information content (AvgIpc) is 2.99. The van der Waals surface area contributed by atoms with Crippen LogP contribution in [0.4, 0.5) is 0 Å². The lowest BCUT2D eigenvalue weighted by atomic mass is 10.1. The fraction of sp³-hybridized carbons (Fsp3) is 0.333. The van der Waals surface area contributed by atoms with Crippen molar-refractivity contribution in [1.82, 2.24) is 15.1 Å². The van der Waals surface area contributed by atoms with Gasteiger partial charge in [-0.05, 0) is 19.1 Å². The summed E-state index contributed by atoms with van der Waals surface area (Å²) in [6.45, 7) is 2.43. The Hall–Kier alpha value is -2.33. The molecule has 0 aliphatic rings. The quantitative estimate of drug-likeness (QED) is 0.761. The van der Waals surface area contributed by atoms with Crippen LogP contribution in [-0.4, -0.2) is 40.3 Å². The van der Waals surface area contributed by atoms with Crippen LogP contribution in [0.15, 0.2) is 33.9 Å². The van der Waals surface area contributed by atoms with E-state index in [1.165, 1.54) is 16.7 Å². The van der Waals surface area contributed by atoms with Gasteiger partial charge in [0.15, 0.2) is 0 Å². The van der Waals surface area contributed by atoms with Crippen molar-refractivity contribution in [3.05, 3.63) is 29.8 Å². The number of hydrogen-bond donors (Lipinski definition) is 0. The number of benzene rings is 1. The number of hydrogen-bond acceptors (Lipinski definition) is 6. The van der Waals surface area contributed by atoms with Gasteiger partial charge >= 0.3 is 0 Å². The molecule has 0 N–H and O–H groups in total. The molecule has 1 aromatic heterocycles. The lowest BCUT2D eigenvalue weighted by Gasteiger charge is -2.13. The van der Waals surface area contributed by atoms with Gasteiger partial charge in [0.05, 0.1) is 18.2 Å². The van der Waals surface area contributed by atoms with Gasteiger partial charge in [-0.2, -0.15) is 5.26 Å². The molecule has 0 spiro atoms. The number of amides is 1. The van der Waals surface area contributed by atoms with Crippen LogP contribution in [0.25, 0.3) is 11.5 Å². The smallest absolute Gasteiger partial charge is 0.277 e. The third-order valence-electron chi connectivity index (χ3n) is 3.01.